The minimum atomic E-state index is -0.00361. The van der Waals surface area contributed by atoms with E-state index in [0.717, 1.165) is 23.4 Å². The Kier molecular flexibility index (Phi) is 2.96. The first kappa shape index (κ1) is 13.3. The zero-order valence-electron chi connectivity index (χ0n) is 12.7. The van der Waals surface area contributed by atoms with Gasteiger partial charge in [-0.25, -0.2) is 15.0 Å². The number of rotatable bonds is 4. The maximum Gasteiger partial charge on any atom is 0.166 e. The number of hydrogen-bond acceptors (Lipinski definition) is 4. The molecule has 0 saturated heterocycles. The number of nitrogens with zero attached hydrogens (tertiary/aromatic N) is 4. The van der Waals surface area contributed by atoms with Crippen LogP contribution < -0.4 is 5.73 Å². The van der Waals surface area contributed by atoms with Gasteiger partial charge in [-0.3, -0.25) is 0 Å². The molecule has 0 radical (unpaired) electrons. The van der Waals surface area contributed by atoms with Crippen molar-refractivity contribution in [2.45, 2.75) is 58.4 Å². The fraction of sp³-hybridized carbons (Fsp3) is 0.667. The van der Waals surface area contributed by atoms with Crippen molar-refractivity contribution in [3.8, 4) is 0 Å². The average Bonchev–Trinajstić information content (AvgIpc) is 3.17. The molecule has 0 aliphatic heterocycles. The largest absolute Gasteiger partial charge is 0.382 e. The summed E-state index contributed by atoms with van der Waals surface area (Å²) in [7, 11) is 0. The highest BCUT2D eigenvalue weighted by Gasteiger charge is 2.32. The summed E-state index contributed by atoms with van der Waals surface area (Å²) in [5.41, 5.74) is 7.68. The van der Waals surface area contributed by atoms with Gasteiger partial charge in [0.15, 0.2) is 11.5 Å². The molecule has 3 rings (SSSR count). The molecule has 108 valence electrons. The van der Waals surface area contributed by atoms with E-state index < -0.39 is 0 Å². The van der Waals surface area contributed by atoms with Gasteiger partial charge in [0.25, 0.3) is 0 Å². The first-order valence-electron chi connectivity index (χ1n) is 7.48. The molecule has 0 bridgehead atoms. The van der Waals surface area contributed by atoms with Crippen LogP contribution in [0.5, 0.6) is 0 Å². The van der Waals surface area contributed by atoms with Gasteiger partial charge in [-0.05, 0) is 32.1 Å². The molecule has 1 atom stereocenters. The summed E-state index contributed by atoms with van der Waals surface area (Å²) in [6.07, 6.45) is 5.25. The maximum atomic E-state index is 6.07. The van der Waals surface area contributed by atoms with Crippen LogP contribution in [-0.2, 0) is 5.54 Å². The number of anilines is 1. The minimum absolute atomic E-state index is 0.00361. The van der Waals surface area contributed by atoms with Gasteiger partial charge >= 0.3 is 0 Å². The fourth-order valence-corrected chi connectivity index (χ4v) is 2.69. The topological polar surface area (TPSA) is 69.6 Å². The summed E-state index contributed by atoms with van der Waals surface area (Å²) in [6, 6.07) is 0. The second-order valence-corrected chi connectivity index (χ2v) is 6.39. The Morgan fingerprint density at radius 2 is 2.10 bits per heavy atom. The molecule has 20 heavy (non-hydrogen) atoms. The highest BCUT2D eigenvalue weighted by atomic mass is 15.2. The summed E-state index contributed by atoms with van der Waals surface area (Å²) < 4.78 is 2.19. The Bertz CT molecular complexity index is 641. The molecular formula is C15H23N5. The van der Waals surface area contributed by atoms with Crippen molar-refractivity contribution < 1.29 is 0 Å². The van der Waals surface area contributed by atoms with Crippen LogP contribution in [-0.4, -0.2) is 19.5 Å². The van der Waals surface area contributed by atoms with Crippen molar-refractivity contribution in [2.24, 2.45) is 5.92 Å². The molecule has 2 N–H and O–H groups in total. The average molecular weight is 273 g/mol. The molecule has 2 aromatic rings. The zero-order chi connectivity index (χ0) is 14.5. The van der Waals surface area contributed by atoms with E-state index in [9.17, 15) is 0 Å². The minimum Gasteiger partial charge on any atom is -0.382 e. The van der Waals surface area contributed by atoms with E-state index in [1.54, 1.807) is 0 Å². The smallest absolute Gasteiger partial charge is 0.166 e. The molecule has 1 fully saturated rings. The van der Waals surface area contributed by atoms with Gasteiger partial charge in [-0.2, -0.15) is 0 Å². The molecule has 1 aliphatic carbocycles. The van der Waals surface area contributed by atoms with E-state index >= 15 is 0 Å². The van der Waals surface area contributed by atoms with E-state index in [2.05, 4.69) is 42.2 Å². The van der Waals surface area contributed by atoms with Gasteiger partial charge in [-0.1, -0.05) is 20.8 Å². The fourth-order valence-electron chi connectivity index (χ4n) is 2.69. The van der Waals surface area contributed by atoms with Gasteiger partial charge in [0.2, 0.25) is 0 Å². The number of hydrogen-bond donors (Lipinski definition) is 1. The van der Waals surface area contributed by atoms with Crippen molar-refractivity contribution in [2.75, 3.05) is 5.73 Å². The number of nitrogens with two attached hydrogens (primary N) is 1. The van der Waals surface area contributed by atoms with Crippen molar-refractivity contribution in [1.29, 1.82) is 0 Å². The lowest BCUT2D eigenvalue weighted by atomic mass is 9.85. The predicted octanol–water partition coefficient (Wildman–Crippen LogP) is 3.07. The zero-order valence-corrected chi connectivity index (χ0v) is 12.7. The van der Waals surface area contributed by atoms with Crippen molar-refractivity contribution >= 4 is 17.0 Å². The lowest BCUT2D eigenvalue weighted by Gasteiger charge is -2.34. The van der Waals surface area contributed by atoms with Crippen LogP contribution in [0.15, 0.2) is 6.33 Å². The summed E-state index contributed by atoms with van der Waals surface area (Å²) >= 11 is 0. The first-order chi connectivity index (χ1) is 9.47. The molecule has 0 amide bonds. The maximum absolute atomic E-state index is 6.07. The Morgan fingerprint density at radius 1 is 1.40 bits per heavy atom. The normalized spacial score (nSPS) is 18.6. The van der Waals surface area contributed by atoms with Crippen molar-refractivity contribution in [1.82, 2.24) is 19.5 Å². The predicted molar refractivity (Wildman–Crippen MR) is 80.5 cm³/mol. The van der Waals surface area contributed by atoms with Crippen LogP contribution in [0.3, 0.4) is 0 Å². The molecular weight excluding hydrogens is 250 g/mol. The van der Waals surface area contributed by atoms with Crippen LogP contribution in [0, 0.1) is 5.92 Å². The molecule has 0 aromatic carbocycles. The van der Waals surface area contributed by atoms with Gasteiger partial charge < -0.3 is 10.3 Å². The second-order valence-electron chi connectivity index (χ2n) is 6.39. The Labute approximate surface area is 119 Å². The number of imidazole rings is 1. The van der Waals surface area contributed by atoms with Crippen LogP contribution in [0.25, 0.3) is 11.2 Å². The van der Waals surface area contributed by atoms with Crippen LogP contribution in [0.2, 0.25) is 0 Å². The van der Waals surface area contributed by atoms with Gasteiger partial charge in [0, 0.05) is 11.5 Å². The molecule has 2 heterocycles. The molecule has 2 aromatic heterocycles. The highest BCUT2D eigenvalue weighted by Crippen LogP contribution is 2.40. The number of aromatic nitrogens is 4. The number of nitrogen functional groups attached to an aromatic ring is 1. The summed E-state index contributed by atoms with van der Waals surface area (Å²) in [5.74, 6) is 2.39. The standard InChI is InChI=1S/C15H23N5/c1-5-15(4,9(2)3)20-8-17-11-12(16)18-13(10-6-7-10)19-14(11)20/h8-10H,5-7H2,1-4H3,(H2,16,18,19)/t15-/m0/s1. The molecule has 1 aliphatic rings. The first-order valence-corrected chi connectivity index (χ1v) is 7.48. The lowest BCUT2D eigenvalue weighted by molar-refractivity contribution is 0.217. The van der Waals surface area contributed by atoms with Gasteiger partial charge in [0.1, 0.15) is 11.3 Å². The van der Waals surface area contributed by atoms with Crippen LogP contribution >= 0.6 is 0 Å². The van der Waals surface area contributed by atoms with Gasteiger partial charge in [-0.15, -0.1) is 0 Å². The summed E-state index contributed by atoms with van der Waals surface area (Å²) in [5, 5.41) is 0. The van der Waals surface area contributed by atoms with Crippen molar-refractivity contribution in [3.63, 3.8) is 0 Å². The third-order valence-corrected chi connectivity index (χ3v) is 4.89. The van der Waals surface area contributed by atoms with Crippen molar-refractivity contribution in [3.05, 3.63) is 12.2 Å². The van der Waals surface area contributed by atoms with E-state index in [4.69, 9.17) is 10.7 Å². The van der Waals surface area contributed by atoms with E-state index in [1.807, 2.05) is 6.33 Å². The van der Waals surface area contributed by atoms with E-state index in [1.165, 1.54) is 12.8 Å². The lowest BCUT2D eigenvalue weighted by Crippen LogP contribution is -2.34. The van der Waals surface area contributed by atoms with E-state index in [-0.39, 0.29) is 5.54 Å². The molecule has 5 heteroatoms. The number of fused-ring (bicyclic) bond motifs is 1. The monoisotopic (exact) mass is 273 g/mol. The highest BCUT2D eigenvalue weighted by molar-refractivity contribution is 5.81. The van der Waals surface area contributed by atoms with E-state index in [0.29, 0.717) is 17.7 Å². The molecule has 0 unspecified atom stereocenters. The third kappa shape index (κ3) is 1.87. The summed E-state index contributed by atoms with van der Waals surface area (Å²) in [6.45, 7) is 8.94. The quantitative estimate of drug-likeness (QED) is 0.929. The second kappa shape index (κ2) is 4.43. The SMILES string of the molecule is CC[C@@](C)(C(C)C)n1cnc2c(N)nc(C3CC3)nc21. The molecule has 5 nitrogen and oxygen atoms in total. The third-order valence-electron chi connectivity index (χ3n) is 4.89. The van der Waals surface area contributed by atoms with Crippen LogP contribution in [0.1, 0.15) is 58.7 Å². The Hall–Kier alpha value is -1.65. The Morgan fingerprint density at radius 3 is 2.65 bits per heavy atom. The van der Waals surface area contributed by atoms with Gasteiger partial charge in [0.05, 0.1) is 6.33 Å². The molecule has 1 saturated carbocycles. The summed E-state index contributed by atoms with van der Waals surface area (Å²) in [4.78, 5) is 13.6. The Balaban J connectivity index is 2.21. The molecule has 0 spiro atoms. The van der Waals surface area contributed by atoms with Crippen LogP contribution in [0.4, 0.5) is 5.82 Å².